The molecule has 10 aliphatic carbocycles. The molecule has 3 aliphatic heterocycles. The Morgan fingerprint density at radius 1 is 0.386 bits per heavy atom. The maximum atomic E-state index is 11.7. The molecule has 23 rings (SSSR count). The molecule has 3 N–H and O–H groups in total. The minimum absolute atomic E-state index is 0. The Kier molecular flexibility index (Phi) is 30.1. The number of aliphatic carboxylic acids is 2. The smallest absolute Gasteiger partial charge is 0.308 e. The second-order valence-electron chi connectivity index (χ2n) is 38.2. The lowest BCUT2D eigenvalue weighted by molar-refractivity contribution is -0.149. The first-order valence-corrected chi connectivity index (χ1v) is 50.1. The number of anilines is 2. The van der Waals surface area contributed by atoms with Gasteiger partial charge in [-0.05, 0) is 265 Å². The van der Waals surface area contributed by atoms with E-state index in [0.717, 1.165) is 201 Å². The van der Waals surface area contributed by atoms with Gasteiger partial charge in [0.2, 0.25) is 0 Å². The van der Waals surface area contributed by atoms with Crippen molar-refractivity contribution in [2.75, 3.05) is 43.7 Å². The Labute approximate surface area is 832 Å². The number of halogens is 9. The minimum Gasteiger partial charge on any atom is -0.481 e. The predicted molar refractivity (Wildman–Crippen MR) is 528 cm³/mol. The van der Waals surface area contributed by atoms with E-state index in [0.29, 0.717) is 150 Å². The largest absolute Gasteiger partial charge is 0.481 e. The monoisotopic (exact) mass is 2150 g/mol. The van der Waals surface area contributed by atoms with Crippen molar-refractivity contribution in [1.82, 2.24) is 20.8 Å². The van der Waals surface area contributed by atoms with Crippen molar-refractivity contribution in [3.63, 3.8) is 0 Å². The van der Waals surface area contributed by atoms with Crippen LogP contribution in [0.3, 0.4) is 0 Å². The normalized spacial score (nSPS) is 27.0. The molecule has 0 unspecified atom stereocenters. The first kappa shape index (κ1) is 95.2. The second-order valence-corrected chi connectivity index (χ2v) is 42.4. The van der Waals surface area contributed by atoms with Gasteiger partial charge in [-0.2, -0.15) is 0 Å². The van der Waals surface area contributed by atoms with Gasteiger partial charge in [0, 0.05) is 121 Å². The molecule has 6 bridgehead atoms. The Balaban J connectivity index is 0.000000117. The lowest BCUT2D eigenvalue weighted by Gasteiger charge is -2.35. The molecular formula is C103H107Br2Cl6IN6O14. The standard InChI is InChI=1S/C31H32Cl2N2O4.C30H30Cl2N2O4.C19H20Cl2N2O2.C12H13BrO2.C11H11BrO2.HI/c1-37-31(36)20-11-19(12-20)17-7-9-22(10-8-17)35-15-21-13-23(35)14-27(21)38-16-24-29(34-39-30(24)18-5-6-18)28-25(32)3-2-4-26(28)33;31-24-2-1-3-25(32)27(24)28-23(29(38-33-28)17-4-5-17)15-37-26-13-22-12-20(26)14-34(22)21-8-6-16(7-9-21)18-10-19(11-18)30(35)36;20-14-2-1-3-15(21)17(14)18-13(19(25-23-18)10-4-5-10)9-24-16-7-12-6-11(16)8-22-12;1-15-12(14)10-6-9(7-10)8-2-4-11(13)5-3-8;12-10-3-1-7(2-4-10)8-5-9(6-8)11(13)14;/h2-4,7-10,18-21,23,27H,5-6,11-16H2,1H3;1-3,6-9,17-20,22,26H,4-5,10-15H2,(H,35,36);1-3,10-12,16,22H,4-9H2;2-5,9-10H,6-7H2,1H3;1-4,8-9H,5-6H2,(H,13,14);1H/t19?,20?,21-,23-,27+;18?,19?,20-,22-,26+;11-,12-,16+;;;/m000.../s1. The summed E-state index contributed by atoms with van der Waals surface area (Å²) < 4.78 is 48.5. The van der Waals surface area contributed by atoms with Gasteiger partial charge < -0.3 is 62.6 Å². The molecule has 132 heavy (non-hydrogen) atoms. The summed E-state index contributed by atoms with van der Waals surface area (Å²) in [5, 5.41) is 38.0. The number of methoxy groups -OCH3 is 2. The average Bonchev–Trinajstić information content (AvgIpc) is 1.61. The number of ether oxygens (including phenoxy) is 5. The molecule has 10 saturated carbocycles. The molecule has 13 aliphatic rings. The zero-order valence-electron chi connectivity index (χ0n) is 73.3. The summed E-state index contributed by atoms with van der Waals surface area (Å²) >= 11 is 45.7. The van der Waals surface area contributed by atoms with Crippen LogP contribution in [0.2, 0.25) is 30.1 Å². The molecule has 0 spiro atoms. The average molecular weight is 2150 g/mol. The van der Waals surface area contributed by atoms with Crippen LogP contribution in [-0.2, 0) is 62.7 Å². The van der Waals surface area contributed by atoms with E-state index in [4.69, 9.17) is 117 Å². The van der Waals surface area contributed by atoms with E-state index < -0.39 is 11.9 Å². The highest BCUT2D eigenvalue weighted by molar-refractivity contribution is 14.0. The summed E-state index contributed by atoms with van der Waals surface area (Å²) in [6.07, 6.45) is 20.8. The van der Waals surface area contributed by atoms with Gasteiger partial charge in [-0.1, -0.05) is 184 Å². The van der Waals surface area contributed by atoms with E-state index in [1.165, 1.54) is 54.3 Å². The quantitative estimate of drug-likeness (QED) is 0.0355. The molecule has 3 saturated heterocycles. The van der Waals surface area contributed by atoms with E-state index in [2.05, 4.69) is 135 Å². The molecule has 7 aromatic carbocycles. The van der Waals surface area contributed by atoms with E-state index in [1.807, 2.05) is 78.9 Å². The number of nitrogens with one attached hydrogen (secondary N) is 1. The zero-order chi connectivity index (χ0) is 90.6. The van der Waals surface area contributed by atoms with Crippen LogP contribution in [0.5, 0.6) is 0 Å². The van der Waals surface area contributed by atoms with Gasteiger partial charge in [0.25, 0.3) is 0 Å². The molecule has 20 nitrogen and oxygen atoms in total. The highest BCUT2D eigenvalue weighted by Gasteiger charge is 2.50. The Hall–Kier alpha value is -7.08. The van der Waals surface area contributed by atoms with E-state index in [9.17, 15) is 19.2 Å². The van der Waals surface area contributed by atoms with Crippen molar-refractivity contribution in [2.24, 2.45) is 41.4 Å². The fourth-order valence-corrected chi connectivity index (χ4v) is 23.8. The molecule has 6 heterocycles. The van der Waals surface area contributed by atoms with Crippen LogP contribution in [0, 0.1) is 41.4 Å². The minimum atomic E-state index is -0.667. The van der Waals surface area contributed by atoms with Crippen molar-refractivity contribution in [2.45, 2.75) is 226 Å². The van der Waals surface area contributed by atoms with E-state index in [1.54, 1.807) is 0 Å². The third-order valence-corrected chi connectivity index (χ3v) is 32.8. The van der Waals surface area contributed by atoms with E-state index >= 15 is 0 Å². The molecule has 696 valence electrons. The molecular weight excluding hydrogens is 2040 g/mol. The number of carboxylic acid groups (broad SMARTS) is 2. The van der Waals surface area contributed by atoms with Crippen LogP contribution in [0.25, 0.3) is 33.8 Å². The van der Waals surface area contributed by atoms with Gasteiger partial charge in [0.05, 0.1) is 106 Å². The van der Waals surface area contributed by atoms with Crippen LogP contribution in [-0.4, -0.2) is 120 Å². The number of aromatic nitrogens is 3. The highest BCUT2D eigenvalue weighted by atomic mass is 127. The number of esters is 2. The second kappa shape index (κ2) is 41.7. The van der Waals surface area contributed by atoms with Gasteiger partial charge in [-0.3, -0.25) is 19.2 Å². The lowest BCUT2D eigenvalue weighted by Crippen LogP contribution is -2.38. The fourth-order valence-electron chi connectivity index (χ4n) is 21.6. The van der Waals surface area contributed by atoms with Crippen LogP contribution in [0.4, 0.5) is 11.4 Å². The van der Waals surface area contributed by atoms with Gasteiger partial charge in [-0.25, -0.2) is 0 Å². The van der Waals surface area contributed by atoms with Crippen molar-refractivity contribution in [3.05, 3.63) is 247 Å². The molecule has 9 atom stereocenters. The topological polar surface area (TPSA) is 251 Å². The third-order valence-electron chi connectivity index (χ3n) is 29.9. The van der Waals surface area contributed by atoms with Crippen LogP contribution < -0.4 is 15.1 Å². The fraction of sp³-hybridized carbons (Fsp3) is 0.466. The number of rotatable bonds is 25. The van der Waals surface area contributed by atoms with Crippen LogP contribution in [0.1, 0.15) is 226 Å². The maximum Gasteiger partial charge on any atom is 0.308 e. The summed E-state index contributed by atoms with van der Waals surface area (Å²) in [7, 11) is 2.92. The lowest BCUT2D eigenvalue weighted by atomic mass is 9.71. The van der Waals surface area contributed by atoms with Gasteiger partial charge in [0.1, 0.15) is 34.4 Å². The molecule has 0 amide bonds. The van der Waals surface area contributed by atoms with Gasteiger partial charge >= 0.3 is 23.9 Å². The highest BCUT2D eigenvalue weighted by Crippen LogP contribution is 2.54. The van der Waals surface area contributed by atoms with Crippen molar-refractivity contribution in [3.8, 4) is 33.8 Å². The van der Waals surface area contributed by atoms with Crippen LogP contribution in [0.15, 0.2) is 174 Å². The number of nitrogens with zero attached hydrogens (tertiary/aromatic N) is 5. The first-order valence-electron chi connectivity index (χ1n) is 46.3. The van der Waals surface area contributed by atoms with Gasteiger partial charge in [0.15, 0.2) is 0 Å². The van der Waals surface area contributed by atoms with Crippen molar-refractivity contribution >= 4 is 161 Å². The van der Waals surface area contributed by atoms with Crippen molar-refractivity contribution < 1.29 is 66.6 Å². The van der Waals surface area contributed by atoms with Gasteiger partial charge in [-0.15, -0.1) is 24.0 Å². The SMILES string of the molecule is COC(=O)C1CC(c2ccc(Br)cc2)C1.COC(=O)C1CC(c2ccc(N3C[C@@H]4C[C@H]3C[C@H]4OCc3c(-c4c(Cl)cccc4Cl)noc3C3CC3)cc2)C1.Clc1cccc(Cl)c1-c1noc(C2CC2)c1CO[C@@H]1C[C@@H]2C[C@H]1CN2.I.O=C(O)C1CC(c2ccc(Br)cc2)C1.O=C(O)C1CC(c2ccc(N3C[C@@H]4C[C@H]3C[C@H]4OCc3c(-c4c(Cl)cccc4Cl)noc3C3CC3)cc2)C1. The summed E-state index contributed by atoms with van der Waals surface area (Å²) in [5.74, 6) is 5.90. The summed E-state index contributed by atoms with van der Waals surface area (Å²) in [6.45, 7) is 4.49. The van der Waals surface area contributed by atoms with Crippen LogP contribution >= 0.6 is 125 Å². The zero-order valence-corrected chi connectivity index (χ0v) is 83.4. The number of hydrogen-bond acceptors (Lipinski definition) is 18. The summed E-state index contributed by atoms with van der Waals surface area (Å²) in [6, 6.07) is 52.3. The third kappa shape index (κ3) is 21.0. The number of carbonyl (C=O) groups excluding carboxylic acids is 2. The number of benzene rings is 7. The maximum absolute atomic E-state index is 11.7. The molecule has 3 aromatic heterocycles. The number of hydrogen-bond donors (Lipinski definition) is 3. The molecule has 10 aromatic rings. The Morgan fingerprint density at radius 3 is 0.939 bits per heavy atom. The Bertz CT molecular complexity index is 5720. The first-order chi connectivity index (χ1) is 63.5. The molecule has 0 radical (unpaired) electrons. The molecule has 13 fully saturated rings. The number of piperidine rings is 3. The Morgan fingerprint density at radius 2 is 0.682 bits per heavy atom. The number of carbonyl (C=O) groups is 4. The summed E-state index contributed by atoms with van der Waals surface area (Å²) in [5.41, 5.74) is 15.0. The number of carboxylic acids is 2. The molecule has 29 heteroatoms. The number of fused-ring (bicyclic) bond motifs is 6. The van der Waals surface area contributed by atoms with Crippen molar-refractivity contribution in [1.29, 1.82) is 0 Å². The predicted octanol–water partition coefficient (Wildman–Crippen LogP) is 26.2. The van der Waals surface area contributed by atoms with E-state index in [-0.39, 0.29) is 71.8 Å². The summed E-state index contributed by atoms with van der Waals surface area (Å²) in [4.78, 5) is 49.7.